The molecule has 98 valence electrons. The molecule has 3 nitrogen and oxygen atoms in total. The summed E-state index contributed by atoms with van der Waals surface area (Å²) < 4.78 is 13.6. The highest BCUT2D eigenvalue weighted by Gasteiger charge is 2.12. The van der Waals surface area contributed by atoms with Crippen molar-refractivity contribution in [3.8, 4) is 0 Å². The quantitative estimate of drug-likeness (QED) is 0.889. The molecule has 4 heteroatoms. The lowest BCUT2D eigenvalue weighted by molar-refractivity contribution is 0.102. The number of nitrogens with two attached hydrogens (primary N) is 1. The first-order valence-corrected chi connectivity index (χ1v) is 5.96. The molecular formula is C15H15FN2O. The largest absolute Gasteiger partial charge is 0.326 e. The molecule has 0 aromatic heterocycles. The van der Waals surface area contributed by atoms with E-state index in [1.165, 1.54) is 12.1 Å². The summed E-state index contributed by atoms with van der Waals surface area (Å²) in [7, 11) is 0. The molecule has 0 spiro atoms. The van der Waals surface area contributed by atoms with Crippen LogP contribution in [0, 0.1) is 12.7 Å². The van der Waals surface area contributed by atoms with E-state index >= 15 is 0 Å². The summed E-state index contributed by atoms with van der Waals surface area (Å²) in [6.07, 6.45) is 0. The number of nitrogens with one attached hydrogen (secondary N) is 1. The topological polar surface area (TPSA) is 55.1 Å². The van der Waals surface area contributed by atoms with Crippen LogP contribution in [0.2, 0.25) is 0 Å². The molecule has 0 aliphatic carbocycles. The summed E-state index contributed by atoms with van der Waals surface area (Å²) in [5.74, 6) is -0.992. The highest BCUT2D eigenvalue weighted by Crippen LogP contribution is 2.15. The maximum Gasteiger partial charge on any atom is 0.258 e. The Kier molecular flexibility index (Phi) is 3.92. The predicted molar refractivity (Wildman–Crippen MR) is 73.4 cm³/mol. The molecule has 0 aliphatic heterocycles. The number of halogens is 1. The first kappa shape index (κ1) is 13.2. The Balaban J connectivity index is 2.23. The van der Waals surface area contributed by atoms with Crippen LogP contribution in [0.1, 0.15) is 21.5 Å². The normalized spacial score (nSPS) is 10.3. The van der Waals surface area contributed by atoms with Crippen molar-refractivity contribution in [1.29, 1.82) is 0 Å². The van der Waals surface area contributed by atoms with Crippen LogP contribution in [-0.2, 0) is 6.54 Å². The molecule has 0 saturated carbocycles. The second kappa shape index (κ2) is 5.63. The molecule has 2 aromatic rings. The number of rotatable bonds is 3. The van der Waals surface area contributed by atoms with E-state index in [2.05, 4.69) is 5.32 Å². The van der Waals surface area contributed by atoms with Crippen LogP contribution in [-0.4, -0.2) is 5.91 Å². The van der Waals surface area contributed by atoms with Crippen LogP contribution in [0.3, 0.4) is 0 Å². The molecular weight excluding hydrogens is 243 g/mol. The summed E-state index contributed by atoms with van der Waals surface area (Å²) >= 11 is 0. The third kappa shape index (κ3) is 3.17. The maximum atomic E-state index is 13.6. The molecule has 19 heavy (non-hydrogen) atoms. The molecule has 0 bridgehead atoms. The minimum Gasteiger partial charge on any atom is -0.326 e. The van der Waals surface area contributed by atoms with Gasteiger partial charge in [0.2, 0.25) is 0 Å². The van der Waals surface area contributed by atoms with Crippen LogP contribution in [0.5, 0.6) is 0 Å². The van der Waals surface area contributed by atoms with Crippen molar-refractivity contribution in [3.05, 3.63) is 65.0 Å². The van der Waals surface area contributed by atoms with Crippen LogP contribution < -0.4 is 11.1 Å². The molecule has 0 aliphatic rings. The van der Waals surface area contributed by atoms with Gasteiger partial charge in [-0.1, -0.05) is 23.8 Å². The minimum absolute atomic E-state index is 0.0400. The van der Waals surface area contributed by atoms with Crippen molar-refractivity contribution < 1.29 is 9.18 Å². The Morgan fingerprint density at radius 2 is 2.05 bits per heavy atom. The number of aryl methyl sites for hydroxylation is 1. The van der Waals surface area contributed by atoms with Crippen molar-refractivity contribution >= 4 is 11.6 Å². The Bertz CT molecular complexity index is 611. The molecule has 3 N–H and O–H groups in total. The molecule has 1 amide bonds. The average Bonchev–Trinajstić information content (AvgIpc) is 2.41. The van der Waals surface area contributed by atoms with Crippen LogP contribution >= 0.6 is 0 Å². The van der Waals surface area contributed by atoms with Crippen molar-refractivity contribution in [1.82, 2.24) is 0 Å². The molecule has 0 unspecified atom stereocenters. The van der Waals surface area contributed by atoms with E-state index < -0.39 is 11.7 Å². The van der Waals surface area contributed by atoms with Gasteiger partial charge >= 0.3 is 0 Å². The van der Waals surface area contributed by atoms with E-state index in [0.717, 1.165) is 11.1 Å². The number of anilines is 1. The highest BCUT2D eigenvalue weighted by atomic mass is 19.1. The Morgan fingerprint density at radius 3 is 2.79 bits per heavy atom. The third-order valence-electron chi connectivity index (χ3n) is 2.79. The summed E-state index contributed by atoms with van der Waals surface area (Å²) in [6, 6.07) is 11.6. The van der Waals surface area contributed by atoms with E-state index in [-0.39, 0.29) is 5.56 Å². The van der Waals surface area contributed by atoms with Gasteiger partial charge in [0.15, 0.2) is 0 Å². The lowest BCUT2D eigenvalue weighted by Gasteiger charge is -2.08. The van der Waals surface area contributed by atoms with Crippen LogP contribution in [0.25, 0.3) is 0 Å². The molecule has 2 rings (SSSR count). The van der Waals surface area contributed by atoms with E-state index in [1.54, 1.807) is 24.3 Å². The van der Waals surface area contributed by atoms with Crippen molar-refractivity contribution in [2.24, 2.45) is 5.73 Å². The monoisotopic (exact) mass is 258 g/mol. The van der Waals surface area contributed by atoms with Gasteiger partial charge in [0.1, 0.15) is 5.82 Å². The summed E-state index contributed by atoms with van der Waals surface area (Å²) in [5.41, 5.74) is 7.92. The number of amides is 1. The third-order valence-corrected chi connectivity index (χ3v) is 2.79. The second-order valence-electron chi connectivity index (χ2n) is 4.34. The first-order chi connectivity index (χ1) is 9.10. The number of hydrogen-bond acceptors (Lipinski definition) is 2. The van der Waals surface area contributed by atoms with E-state index in [0.29, 0.717) is 12.2 Å². The first-order valence-electron chi connectivity index (χ1n) is 5.96. The smallest absolute Gasteiger partial charge is 0.258 e. The maximum absolute atomic E-state index is 13.6. The molecule has 0 heterocycles. The fraction of sp³-hybridized carbons (Fsp3) is 0.133. The number of benzene rings is 2. The van der Waals surface area contributed by atoms with Crippen molar-refractivity contribution in [3.63, 3.8) is 0 Å². The second-order valence-corrected chi connectivity index (χ2v) is 4.34. The minimum atomic E-state index is -0.530. The van der Waals surface area contributed by atoms with Gasteiger partial charge in [-0.25, -0.2) is 4.39 Å². The zero-order chi connectivity index (χ0) is 13.8. The van der Waals surface area contributed by atoms with Crippen LogP contribution in [0.15, 0.2) is 42.5 Å². The summed E-state index contributed by atoms with van der Waals surface area (Å²) in [4.78, 5) is 12.0. The van der Waals surface area contributed by atoms with Gasteiger partial charge in [0, 0.05) is 12.2 Å². The van der Waals surface area contributed by atoms with Crippen molar-refractivity contribution in [2.75, 3.05) is 5.32 Å². The fourth-order valence-electron chi connectivity index (χ4n) is 1.79. The Hall–Kier alpha value is -2.20. The van der Waals surface area contributed by atoms with Crippen LogP contribution in [0.4, 0.5) is 10.1 Å². The van der Waals surface area contributed by atoms with E-state index in [1.807, 2.05) is 13.0 Å². The lowest BCUT2D eigenvalue weighted by Crippen LogP contribution is -2.14. The lowest BCUT2D eigenvalue weighted by atomic mass is 10.1. The molecule has 0 atom stereocenters. The standard InChI is InChI=1S/C15H15FN2O/c1-10-5-6-14(16)13(7-10)15(19)18-12-4-2-3-11(8-12)9-17/h2-8H,9,17H2,1H3,(H,18,19). The Morgan fingerprint density at radius 1 is 1.26 bits per heavy atom. The zero-order valence-corrected chi connectivity index (χ0v) is 10.6. The van der Waals surface area contributed by atoms with E-state index in [4.69, 9.17) is 5.73 Å². The van der Waals surface area contributed by atoms with Gasteiger partial charge in [-0.2, -0.15) is 0 Å². The van der Waals surface area contributed by atoms with Gasteiger partial charge in [0.05, 0.1) is 5.56 Å². The molecule has 0 saturated heterocycles. The Labute approximate surface area is 111 Å². The number of carbonyl (C=O) groups is 1. The van der Waals surface area contributed by atoms with Crippen molar-refractivity contribution in [2.45, 2.75) is 13.5 Å². The fourth-order valence-corrected chi connectivity index (χ4v) is 1.79. The average molecular weight is 258 g/mol. The molecule has 2 aromatic carbocycles. The van der Waals surface area contributed by atoms with Gasteiger partial charge in [-0.15, -0.1) is 0 Å². The zero-order valence-electron chi connectivity index (χ0n) is 10.6. The number of hydrogen-bond donors (Lipinski definition) is 2. The van der Waals surface area contributed by atoms with E-state index in [9.17, 15) is 9.18 Å². The van der Waals surface area contributed by atoms with Gasteiger partial charge in [0.25, 0.3) is 5.91 Å². The SMILES string of the molecule is Cc1ccc(F)c(C(=O)Nc2cccc(CN)c2)c1. The number of carbonyl (C=O) groups excluding carboxylic acids is 1. The highest BCUT2D eigenvalue weighted by molar-refractivity contribution is 6.04. The van der Waals surface area contributed by atoms with Gasteiger partial charge < -0.3 is 11.1 Å². The molecule has 0 radical (unpaired) electrons. The van der Waals surface area contributed by atoms with Gasteiger partial charge in [-0.3, -0.25) is 4.79 Å². The molecule has 0 fully saturated rings. The summed E-state index contributed by atoms with van der Waals surface area (Å²) in [5, 5.41) is 2.67. The van der Waals surface area contributed by atoms with Gasteiger partial charge in [-0.05, 0) is 36.8 Å². The summed E-state index contributed by atoms with van der Waals surface area (Å²) in [6.45, 7) is 2.20. The predicted octanol–water partition coefficient (Wildman–Crippen LogP) is 2.85.